The van der Waals surface area contributed by atoms with Gasteiger partial charge in [-0.25, -0.2) is 9.78 Å². The molecule has 0 saturated carbocycles. The number of carbonyl (C=O) groups excluding carboxylic acids is 2. The lowest BCUT2D eigenvalue weighted by molar-refractivity contribution is 0.0600. The van der Waals surface area contributed by atoms with Crippen molar-refractivity contribution in [2.24, 2.45) is 0 Å². The number of rotatable bonds is 5. The third-order valence-electron chi connectivity index (χ3n) is 4.31. The van der Waals surface area contributed by atoms with Gasteiger partial charge < -0.3 is 15.4 Å². The smallest absolute Gasteiger partial charge is 0.337 e. The number of nitrogens with one attached hydrogen (secondary N) is 2. The van der Waals surface area contributed by atoms with Crippen LogP contribution in [0.2, 0.25) is 0 Å². The maximum Gasteiger partial charge on any atom is 0.337 e. The number of benzene rings is 2. The van der Waals surface area contributed by atoms with Gasteiger partial charge in [0, 0.05) is 11.4 Å². The quantitative estimate of drug-likeness (QED) is 0.643. The molecule has 2 aromatic carbocycles. The predicted molar refractivity (Wildman–Crippen MR) is 109 cm³/mol. The third kappa shape index (κ3) is 4.35. The summed E-state index contributed by atoms with van der Waals surface area (Å²) in [4.78, 5) is 28.1. The largest absolute Gasteiger partial charge is 0.465 e. The number of pyridine rings is 1. The monoisotopic (exact) mass is 375 g/mol. The summed E-state index contributed by atoms with van der Waals surface area (Å²) in [5.41, 5.74) is 5.39. The summed E-state index contributed by atoms with van der Waals surface area (Å²) in [5.74, 6) is -0.754. The van der Waals surface area contributed by atoms with Crippen molar-refractivity contribution in [2.75, 3.05) is 17.7 Å². The first kappa shape index (κ1) is 19.1. The SMILES string of the molecule is COC(=O)c1ccc(NC(=O)c2ccc(Nc3c(C)cccc3C)cn2)cc1. The Bertz CT molecular complexity index is 976. The van der Waals surface area contributed by atoms with Crippen LogP contribution in [0.25, 0.3) is 0 Å². The normalized spacial score (nSPS) is 10.2. The van der Waals surface area contributed by atoms with E-state index in [0.29, 0.717) is 16.9 Å². The molecule has 0 saturated heterocycles. The van der Waals surface area contributed by atoms with E-state index in [1.165, 1.54) is 7.11 Å². The topological polar surface area (TPSA) is 80.3 Å². The molecule has 0 unspecified atom stereocenters. The van der Waals surface area contributed by atoms with Crippen molar-refractivity contribution < 1.29 is 14.3 Å². The second-order valence-electron chi connectivity index (χ2n) is 6.35. The van der Waals surface area contributed by atoms with Crippen LogP contribution >= 0.6 is 0 Å². The van der Waals surface area contributed by atoms with Gasteiger partial charge in [0.05, 0.1) is 24.6 Å². The van der Waals surface area contributed by atoms with Gasteiger partial charge in [-0.1, -0.05) is 18.2 Å². The predicted octanol–water partition coefficient (Wildman–Crippen LogP) is 4.48. The molecule has 6 nitrogen and oxygen atoms in total. The number of aryl methyl sites for hydroxylation is 2. The summed E-state index contributed by atoms with van der Waals surface area (Å²) in [5, 5.41) is 6.10. The molecule has 1 aromatic heterocycles. The number of carbonyl (C=O) groups is 2. The van der Waals surface area contributed by atoms with Gasteiger partial charge in [0.15, 0.2) is 0 Å². The highest BCUT2D eigenvalue weighted by atomic mass is 16.5. The minimum absolute atomic E-state index is 0.295. The highest BCUT2D eigenvalue weighted by Gasteiger charge is 2.10. The fourth-order valence-corrected chi connectivity index (χ4v) is 2.76. The number of esters is 1. The van der Waals surface area contributed by atoms with Gasteiger partial charge in [0.25, 0.3) is 5.91 Å². The molecular formula is C22H21N3O3. The molecule has 2 N–H and O–H groups in total. The number of anilines is 3. The summed E-state index contributed by atoms with van der Waals surface area (Å²) in [6.07, 6.45) is 1.63. The van der Waals surface area contributed by atoms with Crippen LogP contribution in [0.3, 0.4) is 0 Å². The zero-order chi connectivity index (χ0) is 20.1. The maximum atomic E-state index is 12.4. The number of hydrogen-bond acceptors (Lipinski definition) is 5. The summed E-state index contributed by atoms with van der Waals surface area (Å²) >= 11 is 0. The second kappa shape index (κ2) is 8.35. The number of amides is 1. The van der Waals surface area contributed by atoms with Crippen LogP contribution in [-0.4, -0.2) is 24.0 Å². The molecule has 6 heteroatoms. The average Bonchev–Trinajstić information content (AvgIpc) is 2.71. The van der Waals surface area contributed by atoms with Crippen LogP contribution in [0.1, 0.15) is 32.0 Å². The Hall–Kier alpha value is -3.67. The van der Waals surface area contributed by atoms with Crippen LogP contribution in [0.4, 0.5) is 17.1 Å². The van der Waals surface area contributed by atoms with Crippen LogP contribution in [0.15, 0.2) is 60.8 Å². The van der Waals surface area contributed by atoms with Crippen LogP contribution < -0.4 is 10.6 Å². The van der Waals surface area contributed by atoms with Crippen LogP contribution in [0.5, 0.6) is 0 Å². The lowest BCUT2D eigenvalue weighted by atomic mass is 10.1. The van der Waals surface area contributed by atoms with Gasteiger partial charge >= 0.3 is 5.97 Å². The van der Waals surface area contributed by atoms with Crippen molar-refractivity contribution in [3.8, 4) is 0 Å². The van der Waals surface area contributed by atoms with E-state index < -0.39 is 5.97 Å². The van der Waals surface area contributed by atoms with Gasteiger partial charge in [-0.15, -0.1) is 0 Å². The van der Waals surface area contributed by atoms with Crippen molar-refractivity contribution in [3.63, 3.8) is 0 Å². The highest BCUT2D eigenvalue weighted by molar-refractivity contribution is 6.03. The minimum Gasteiger partial charge on any atom is -0.465 e. The molecule has 3 aromatic rings. The zero-order valence-electron chi connectivity index (χ0n) is 15.9. The van der Waals surface area contributed by atoms with E-state index in [9.17, 15) is 9.59 Å². The lowest BCUT2D eigenvalue weighted by Crippen LogP contribution is -2.13. The summed E-state index contributed by atoms with van der Waals surface area (Å²) < 4.78 is 4.65. The Labute approximate surface area is 163 Å². The zero-order valence-corrected chi connectivity index (χ0v) is 15.9. The first-order valence-electron chi connectivity index (χ1n) is 8.77. The number of hydrogen-bond donors (Lipinski definition) is 2. The van der Waals surface area contributed by atoms with E-state index in [-0.39, 0.29) is 5.91 Å². The number of para-hydroxylation sites is 1. The number of methoxy groups -OCH3 is 1. The lowest BCUT2D eigenvalue weighted by Gasteiger charge is -2.12. The Morgan fingerprint density at radius 2 is 1.54 bits per heavy atom. The van der Waals surface area contributed by atoms with Gasteiger partial charge in [-0.05, 0) is 61.4 Å². The molecular weight excluding hydrogens is 354 g/mol. The summed E-state index contributed by atoms with van der Waals surface area (Å²) in [7, 11) is 1.32. The molecule has 0 aliphatic rings. The highest BCUT2D eigenvalue weighted by Crippen LogP contribution is 2.24. The molecule has 0 spiro atoms. The Morgan fingerprint density at radius 1 is 0.893 bits per heavy atom. The van der Waals surface area contributed by atoms with E-state index in [2.05, 4.69) is 20.4 Å². The Morgan fingerprint density at radius 3 is 2.11 bits per heavy atom. The van der Waals surface area contributed by atoms with Crippen LogP contribution in [-0.2, 0) is 4.74 Å². The molecule has 0 fully saturated rings. The molecule has 0 bridgehead atoms. The Balaban J connectivity index is 1.67. The van der Waals surface area contributed by atoms with Crippen molar-refractivity contribution >= 4 is 28.9 Å². The number of ether oxygens (including phenoxy) is 1. The average molecular weight is 375 g/mol. The summed E-state index contributed by atoms with van der Waals surface area (Å²) in [6, 6.07) is 16.0. The minimum atomic E-state index is -0.425. The molecule has 0 aliphatic carbocycles. The molecule has 0 atom stereocenters. The molecule has 0 radical (unpaired) electrons. The molecule has 0 aliphatic heterocycles. The fourth-order valence-electron chi connectivity index (χ4n) is 2.76. The van der Waals surface area contributed by atoms with Crippen molar-refractivity contribution in [1.29, 1.82) is 0 Å². The van der Waals surface area contributed by atoms with E-state index >= 15 is 0 Å². The number of aromatic nitrogens is 1. The molecule has 1 amide bonds. The first-order chi connectivity index (χ1) is 13.5. The van der Waals surface area contributed by atoms with Crippen molar-refractivity contribution in [1.82, 2.24) is 4.98 Å². The van der Waals surface area contributed by atoms with E-state index in [4.69, 9.17) is 0 Å². The molecule has 3 rings (SSSR count). The number of nitrogens with zero attached hydrogens (tertiary/aromatic N) is 1. The first-order valence-corrected chi connectivity index (χ1v) is 8.77. The van der Waals surface area contributed by atoms with E-state index in [1.807, 2.05) is 38.1 Å². The van der Waals surface area contributed by atoms with Gasteiger partial charge in [0.2, 0.25) is 0 Å². The van der Waals surface area contributed by atoms with Crippen molar-refractivity contribution in [3.05, 3.63) is 83.2 Å². The maximum absolute atomic E-state index is 12.4. The summed E-state index contributed by atoms with van der Waals surface area (Å²) in [6.45, 7) is 4.08. The van der Waals surface area contributed by atoms with Crippen molar-refractivity contribution in [2.45, 2.75) is 13.8 Å². The van der Waals surface area contributed by atoms with E-state index in [1.54, 1.807) is 36.5 Å². The fraction of sp³-hybridized carbons (Fsp3) is 0.136. The van der Waals surface area contributed by atoms with Gasteiger partial charge in [0.1, 0.15) is 5.69 Å². The van der Waals surface area contributed by atoms with Crippen LogP contribution in [0, 0.1) is 13.8 Å². The van der Waals surface area contributed by atoms with Gasteiger partial charge in [-0.2, -0.15) is 0 Å². The third-order valence-corrected chi connectivity index (χ3v) is 4.31. The van der Waals surface area contributed by atoms with E-state index in [0.717, 1.165) is 22.5 Å². The second-order valence-corrected chi connectivity index (χ2v) is 6.35. The molecule has 142 valence electrons. The molecule has 28 heavy (non-hydrogen) atoms. The van der Waals surface area contributed by atoms with Gasteiger partial charge in [-0.3, -0.25) is 4.79 Å². The molecule has 1 heterocycles. The standard InChI is InChI=1S/C22H21N3O3/c1-14-5-4-6-15(2)20(14)24-18-11-12-19(23-13-18)21(26)25-17-9-7-16(8-10-17)22(27)28-3/h4-13,24H,1-3H3,(H,25,26). The Kier molecular flexibility index (Phi) is 5.69.